The number of fused-ring (bicyclic) bond motifs is 1. The van der Waals surface area contributed by atoms with Gasteiger partial charge in [0, 0.05) is 32.0 Å². The lowest BCUT2D eigenvalue weighted by atomic mass is 10.2. The van der Waals surface area contributed by atoms with Gasteiger partial charge in [-0.05, 0) is 12.1 Å². The number of nitrogens with one attached hydrogen (secondary N) is 1. The predicted molar refractivity (Wildman–Crippen MR) is 64.6 cm³/mol. The van der Waals surface area contributed by atoms with E-state index in [0.717, 1.165) is 30.7 Å². The first-order valence-electron chi connectivity index (χ1n) is 5.68. The minimum Gasteiger partial charge on any atom is -0.458 e. The van der Waals surface area contributed by atoms with Gasteiger partial charge in [0.05, 0.1) is 6.61 Å². The highest BCUT2D eigenvalue weighted by atomic mass is 19.1. The second kappa shape index (κ2) is 5.80. The maximum absolute atomic E-state index is 13.4. The van der Waals surface area contributed by atoms with Crippen molar-refractivity contribution in [2.45, 2.75) is 6.42 Å². The number of hydrogen-bond donors (Lipinski definition) is 1. The Hall–Kier alpha value is -1.39. The average Bonchev–Trinajstić information content (AvgIpc) is 2.73. The first kappa shape index (κ1) is 12.1. The van der Waals surface area contributed by atoms with E-state index < -0.39 is 0 Å². The van der Waals surface area contributed by atoms with Crippen LogP contribution >= 0.6 is 0 Å². The van der Waals surface area contributed by atoms with Crippen molar-refractivity contribution in [3.8, 4) is 0 Å². The second-order valence-electron chi connectivity index (χ2n) is 3.86. The standard InChI is InChI=1S/C13H16FNO2/c1-16-8-7-15-6-5-11-9-10-3-2-4-12(14)13(10)17-11/h2-4,9,15H,5-8H2,1H3. The molecule has 0 fully saturated rings. The normalized spacial score (nSPS) is 11.2. The molecule has 0 spiro atoms. The van der Waals surface area contributed by atoms with Gasteiger partial charge in [0.1, 0.15) is 5.76 Å². The van der Waals surface area contributed by atoms with Crippen LogP contribution < -0.4 is 5.32 Å². The average molecular weight is 237 g/mol. The first-order chi connectivity index (χ1) is 8.31. The molecule has 0 atom stereocenters. The number of methoxy groups -OCH3 is 1. The molecule has 1 heterocycles. The van der Waals surface area contributed by atoms with E-state index >= 15 is 0 Å². The molecule has 92 valence electrons. The molecule has 2 aromatic rings. The lowest BCUT2D eigenvalue weighted by Gasteiger charge is -2.01. The Morgan fingerprint density at radius 1 is 1.35 bits per heavy atom. The van der Waals surface area contributed by atoms with Crippen LogP contribution in [0.2, 0.25) is 0 Å². The summed E-state index contributed by atoms with van der Waals surface area (Å²) in [4.78, 5) is 0. The summed E-state index contributed by atoms with van der Waals surface area (Å²) < 4.78 is 23.7. The van der Waals surface area contributed by atoms with Crippen molar-refractivity contribution >= 4 is 11.0 Å². The highest BCUT2D eigenvalue weighted by molar-refractivity contribution is 5.78. The topological polar surface area (TPSA) is 34.4 Å². The fourth-order valence-electron chi connectivity index (χ4n) is 1.71. The molecule has 17 heavy (non-hydrogen) atoms. The second-order valence-corrected chi connectivity index (χ2v) is 3.86. The Morgan fingerprint density at radius 2 is 2.24 bits per heavy atom. The van der Waals surface area contributed by atoms with Crippen LogP contribution in [0.3, 0.4) is 0 Å². The van der Waals surface area contributed by atoms with E-state index in [4.69, 9.17) is 9.15 Å². The number of halogens is 1. The van der Waals surface area contributed by atoms with E-state index in [0.29, 0.717) is 12.2 Å². The van der Waals surface area contributed by atoms with E-state index in [1.807, 2.05) is 12.1 Å². The molecule has 0 aliphatic carbocycles. The quantitative estimate of drug-likeness (QED) is 0.783. The first-order valence-corrected chi connectivity index (χ1v) is 5.68. The molecule has 4 heteroatoms. The Morgan fingerprint density at radius 3 is 3.00 bits per heavy atom. The van der Waals surface area contributed by atoms with Crippen molar-refractivity contribution in [2.24, 2.45) is 0 Å². The zero-order valence-corrected chi connectivity index (χ0v) is 9.83. The number of ether oxygens (including phenoxy) is 1. The van der Waals surface area contributed by atoms with Gasteiger partial charge >= 0.3 is 0 Å². The maximum Gasteiger partial charge on any atom is 0.169 e. The molecule has 0 amide bonds. The van der Waals surface area contributed by atoms with Crippen LogP contribution in [0.15, 0.2) is 28.7 Å². The molecule has 0 radical (unpaired) electrons. The number of para-hydroxylation sites is 1. The van der Waals surface area contributed by atoms with Crippen LogP contribution in [-0.2, 0) is 11.2 Å². The minimum absolute atomic E-state index is 0.305. The van der Waals surface area contributed by atoms with Crippen molar-refractivity contribution in [2.75, 3.05) is 26.8 Å². The molecule has 0 bridgehead atoms. The molecule has 1 aromatic carbocycles. The summed E-state index contributed by atoms with van der Waals surface area (Å²) in [6, 6.07) is 6.83. The van der Waals surface area contributed by atoms with Gasteiger partial charge in [-0.15, -0.1) is 0 Å². The van der Waals surface area contributed by atoms with Gasteiger partial charge in [0.2, 0.25) is 0 Å². The van der Waals surface area contributed by atoms with Crippen LogP contribution in [0.1, 0.15) is 5.76 Å². The van der Waals surface area contributed by atoms with Crippen LogP contribution in [0.4, 0.5) is 4.39 Å². The number of rotatable bonds is 6. The Kier molecular flexibility index (Phi) is 4.12. The summed E-state index contributed by atoms with van der Waals surface area (Å²) in [5.41, 5.74) is 0.347. The Bertz CT molecular complexity index is 481. The highest BCUT2D eigenvalue weighted by Crippen LogP contribution is 2.21. The molecule has 1 N–H and O–H groups in total. The van der Waals surface area contributed by atoms with Crippen LogP contribution in [-0.4, -0.2) is 26.8 Å². The largest absolute Gasteiger partial charge is 0.458 e. The lowest BCUT2D eigenvalue weighted by Crippen LogP contribution is -2.21. The third kappa shape index (κ3) is 3.05. The van der Waals surface area contributed by atoms with Gasteiger partial charge in [-0.3, -0.25) is 0 Å². The third-order valence-corrected chi connectivity index (χ3v) is 2.58. The number of benzene rings is 1. The van der Waals surface area contributed by atoms with Crippen molar-refractivity contribution in [3.63, 3.8) is 0 Å². The zero-order chi connectivity index (χ0) is 12.1. The van der Waals surface area contributed by atoms with Gasteiger partial charge in [0.25, 0.3) is 0 Å². The van der Waals surface area contributed by atoms with E-state index in [1.165, 1.54) is 6.07 Å². The molecule has 0 saturated carbocycles. The minimum atomic E-state index is -0.305. The summed E-state index contributed by atoms with van der Waals surface area (Å²) in [6.45, 7) is 2.30. The van der Waals surface area contributed by atoms with E-state index in [9.17, 15) is 4.39 Å². The Labute approximate surface area is 99.6 Å². The highest BCUT2D eigenvalue weighted by Gasteiger charge is 2.07. The molecule has 0 aliphatic heterocycles. The van der Waals surface area contributed by atoms with Gasteiger partial charge < -0.3 is 14.5 Å². The predicted octanol–water partition coefficient (Wildman–Crippen LogP) is 2.35. The number of furan rings is 1. The number of hydrogen-bond acceptors (Lipinski definition) is 3. The summed E-state index contributed by atoms with van der Waals surface area (Å²) in [5, 5.41) is 4.03. The lowest BCUT2D eigenvalue weighted by molar-refractivity contribution is 0.199. The summed E-state index contributed by atoms with van der Waals surface area (Å²) >= 11 is 0. The van der Waals surface area contributed by atoms with E-state index in [2.05, 4.69) is 5.32 Å². The monoisotopic (exact) mass is 237 g/mol. The molecule has 0 aliphatic rings. The van der Waals surface area contributed by atoms with Gasteiger partial charge in [0.15, 0.2) is 11.4 Å². The van der Waals surface area contributed by atoms with Crippen molar-refractivity contribution in [1.29, 1.82) is 0 Å². The molecular formula is C13H16FNO2. The van der Waals surface area contributed by atoms with Gasteiger partial charge in [-0.1, -0.05) is 12.1 Å². The molecule has 2 rings (SSSR count). The van der Waals surface area contributed by atoms with E-state index in [-0.39, 0.29) is 5.82 Å². The summed E-state index contributed by atoms with van der Waals surface area (Å²) in [6.07, 6.45) is 0.748. The van der Waals surface area contributed by atoms with Crippen LogP contribution in [0.25, 0.3) is 11.0 Å². The summed E-state index contributed by atoms with van der Waals surface area (Å²) in [5.74, 6) is 0.496. The zero-order valence-electron chi connectivity index (χ0n) is 9.83. The third-order valence-electron chi connectivity index (χ3n) is 2.58. The van der Waals surface area contributed by atoms with Gasteiger partial charge in [-0.25, -0.2) is 4.39 Å². The SMILES string of the molecule is COCCNCCc1cc2cccc(F)c2o1. The maximum atomic E-state index is 13.4. The van der Waals surface area contributed by atoms with Crippen LogP contribution in [0.5, 0.6) is 0 Å². The molecule has 3 nitrogen and oxygen atoms in total. The van der Waals surface area contributed by atoms with Crippen molar-refractivity contribution < 1.29 is 13.5 Å². The van der Waals surface area contributed by atoms with Crippen molar-refractivity contribution in [3.05, 3.63) is 35.8 Å². The molecule has 1 aromatic heterocycles. The Balaban J connectivity index is 1.93. The molecule has 0 saturated heterocycles. The van der Waals surface area contributed by atoms with E-state index in [1.54, 1.807) is 13.2 Å². The van der Waals surface area contributed by atoms with Crippen molar-refractivity contribution in [1.82, 2.24) is 5.32 Å². The molecular weight excluding hydrogens is 221 g/mol. The fourth-order valence-corrected chi connectivity index (χ4v) is 1.71. The smallest absolute Gasteiger partial charge is 0.169 e. The van der Waals surface area contributed by atoms with Crippen LogP contribution in [0, 0.1) is 5.82 Å². The van der Waals surface area contributed by atoms with Gasteiger partial charge in [-0.2, -0.15) is 0 Å². The summed E-state index contributed by atoms with van der Waals surface area (Å²) in [7, 11) is 1.67. The fraction of sp³-hybridized carbons (Fsp3) is 0.385. The molecule has 0 unspecified atom stereocenters.